The standard InChI is InChI=1S/C11H17NOS/c13-9-11(4-5-12-8-11)3-1-10-2-6-14-7-10/h2,6-7,12-13H,1,3-5,8-9H2. The van der Waals surface area contributed by atoms with Gasteiger partial charge in [-0.15, -0.1) is 0 Å². The molecular weight excluding hydrogens is 194 g/mol. The topological polar surface area (TPSA) is 32.3 Å². The number of hydrogen-bond acceptors (Lipinski definition) is 3. The Balaban J connectivity index is 1.89. The zero-order valence-corrected chi connectivity index (χ0v) is 9.15. The van der Waals surface area contributed by atoms with E-state index in [4.69, 9.17) is 0 Å². The Hall–Kier alpha value is -0.380. The summed E-state index contributed by atoms with van der Waals surface area (Å²) in [6, 6.07) is 2.18. The van der Waals surface area contributed by atoms with Gasteiger partial charge in [0, 0.05) is 18.6 Å². The first-order chi connectivity index (χ1) is 6.85. The fourth-order valence-electron chi connectivity index (χ4n) is 2.07. The lowest BCUT2D eigenvalue weighted by Gasteiger charge is -2.25. The zero-order chi connectivity index (χ0) is 9.86. The van der Waals surface area contributed by atoms with Gasteiger partial charge in [-0.1, -0.05) is 0 Å². The Bertz CT molecular complexity index is 265. The molecule has 0 aliphatic carbocycles. The van der Waals surface area contributed by atoms with Gasteiger partial charge in [0.1, 0.15) is 0 Å². The molecule has 3 heteroatoms. The normalized spacial score (nSPS) is 26.9. The second-order valence-electron chi connectivity index (χ2n) is 4.22. The maximum absolute atomic E-state index is 9.41. The smallest absolute Gasteiger partial charge is 0.0500 e. The molecule has 2 nitrogen and oxygen atoms in total. The van der Waals surface area contributed by atoms with Crippen molar-refractivity contribution in [1.82, 2.24) is 5.32 Å². The van der Waals surface area contributed by atoms with E-state index in [2.05, 4.69) is 22.1 Å². The zero-order valence-electron chi connectivity index (χ0n) is 8.33. The van der Waals surface area contributed by atoms with E-state index in [0.29, 0.717) is 6.61 Å². The van der Waals surface area contributed by atoms with Crippen LogP contribution < -0.4 is 5.32 Å². The van der Waals surface area contributed by atoms with Crippen LogP contribution in [0.25, 0.3) is 0 Å². The van der Waals surface area contributed by atoms with E-state index < -0.39 is 0 Å². The SMILES string of the molecule is OCC1(CCc2ccsc2)CCNC1. The Labute approximate surface area is 89.0 Å². The summed E-state index contributed by atoms with van der Waals surface area (Å²) < 4.78 is 0. The van der Waals surface area contributed by atoms with E-state index in [1.807, 2.05) is 0 Å². The number of aryl methyl sites for hydroxylation is 1. The number of hydrogen-bond donors (Lipinski definition) is 2. The van der Waals surface area contributed by atoms with Gasteiger partial charge in [-0.3, -0.25) is 0 Å². The van der Waals surface area contributed by atoms with Crippen molar-refractivity contribution in [2.75, 3.05) is 19.7 Å². The van der Waals surface area contributed by atoms with Crippen LogP contribution in [0.5, 0.6) is 0 Å². The second-order valence-corrected chi connectivity index (χ2v) is 5.00. The monoisotopic (exact) mass is 211 g/mol. The number of rotatable bonds is 4. The molecule has 1 unspecified atom stereocenters. The molecule has 0 amide bonds. The summed E-state index contributed by atoms with van der Waals surface area (Å²) in [6.07, 6.45) is 3.33. The lowest BCUT2D eigenvalue weighted by molar-refractivity contribution is 0.134. The van der Waals surface area contributed by atoms with Crippen LogP contribution in [0.15, 0.2) is 16.8 Å². The van der Waals surface area contributed by atoms with Crippen molar-refractivity contribution in [2.45, 2.75) is 19.3 Å². The molecule has 0 saturated carbocycles. The van der Waals surface area contributed by atoms with E-state index in [0.717, 1.165) is 32.4 Å². The maximum Gasteiger partial charge on any atom is 0.0500 e. The second kappa shape index (κ2) is 4.43. The van der Waals surface area contributed by atoms with Gasteiger partial charge in [0.2, 0.25) is 0 Å². The van der Waals surface area contributed by atoms with Crippen molar-refractivity contribution in [3.8, 4) is 0 Å². The van der Waals surface area contributed by atoms with Crippen LogP contribution in [0, 0.1) is 5.41 Å². The molecule has 1 aromatic rings. The minimum atomic E-state index is 0.155. The lowest BCUT2D eigenvalue weighted by atomic mass is 9.82. The Morgan fingerprint density at radius 1 is 1.57 bits per heavy atom. The molecule has 1 aliphatic heterocycles. The highest BCUT2D eigenvalue weighted by Crippen LogP contribution is 2.30. The predicted molar refractivity (Wildman–Crippen MR) is 59.6 cm³/mol. The third-order valence-corrected chi connectivity index (χ3v) is 3.92. The molecule has 78 valence electrons. The van der Waals surface area contributed by atoms with Crippen molar-refractivity contribution in [3.63, 3.8) is 0 Å². The van der Waals surface area contributed by atoms with E-state index in [-0.39, 0.29) is 5.41 Å². The third-order valence-electron chi connectivity index (χ3n) is 3.19. The van der Waals surface area contributed by atoms with E-state index in [9.17, 15) is 5.11 Å². The predicted octanol–water partition coefficient (Wildman–Crippen LogP) is 1.65. The summed E-state index contributed by atoms with van der Waals surface area (Å²) in [7, 11) is 0. The number of aliphatic hydroxyl groups is 1. The Kier molecular flexibility index (Phi) is 3.21. The van der Waals surface area contributed by atoms with E-state index >= 15 is 0 Å². The molecule has 1 aliphatic rings. The molecule has 1 saturated heterocycles. The van der Waals surface area contributed by atoms with Gasteiger partial charge in [0.15, 0.2) is 0 Å². The summed E-state index contributed by atoms with van der Waals surface area (Å²) in [5.41, 5.74) is 1.57. The number of aliphatic hydroxyl groups excluding tert-OH is 1. The first-order valence-corrected chi connectivity index (χ1v) is 6.12. The molecule has 14 heavy (non-hydrogen) atoms. The minimum absolute atomic E-state index is 0.155. The molecule has 1 atom stereocenters. The highest BCUT2D eigenvalue weighted by Gasteiger charge is 2.32. The molecule has 0 radical (unpaired) electrons. The number of nitrogens with one attached hydrogen (secondary N) is 1. The maximum atomic E-state index is 9.41. The van der Waals surface area contributed by atoms with Gasteiger partial charge in [-0.2, -0.15) is 11.3 Å². The van der Waals surface area contributed by atoms with Crippen LogP contribution in [0.4, 0.5) is 0 Å². The first-order valence-electron chi connectivity index (χ1n) is 5.17. The van der Waals surface area contributed by atoms with Gasteiger partial charge >= 0.3 is 0 Å². The van der Waals surface area contributed by atoms with Crippen molar-refractivity contribution in [1.29, 1.82) is 0 Å². The van der Waals surface area contributed by atoms with Gasteiger partial charge in [-0.05, 0) is 48.2 Å². The Morgan fingerprint density at radius 3 is 3.07 bits per heavy atom. The Morgan fingerprint density at radius 2 is 2.50 bits per heavy atom. The van der Waals surface area contributed by atoms with Crippen LogP contribution in [0.1, 0.15) is 18.4 Å². The molecule has 0 aromatic carbocycles. The summed E-state index contributed by atoms with van der Waals surface area (Å²) >= 11 is 1.75. The van der Waals surface area contributed by atoms with Crippen molar-refractivity contribution >= 4 is 11.3 Å². The molecule has 2 rings (SSSR count). The van der Waals surface area contributed by atoms with Crippen LogP contribution in [-0.4, -0.2) is 24.8 Å². The van der Waals surface area contributed by atoms with Crippen LogP contribution in [0.2, 0.25) is 0 Å². The number of thiophene rings is 1. The van der Waals surface area contributed by atoms with Crippen LogP contribution in [0.3, 0.4) is 0 Å². The molecule has 2 heterocycles. The molecular formula is C11H17NOS. The van der Waals surface area contributed by atoms with Crippen molar-refractivity contribution < 1.29 is 5.11 Å². The highest BCUT2D eigenvalue weighted by molar-refractivity contribution is 7.07. The van der Waals surface area contributed by atoms with Gasteiger partial charge in [0.25, 0.3) is 0 Å². The summed E-state index contributed by atoms with van der Waals surface area (Å²) in [5, 5.41) is 17.1. The third kappa shape index (κ3) is 2.16. The average Bonchev–Trinajstić information content (AvgIpc) is 2.87. The van der Waals surface area contributed by atoms with Crippen LogP contribution >= 0.6 is 11.3 Å². The molecule has 0 bridgehead atoms. The fourth-order valence-corrected chi connectivity index (χ4v) is 2.77. The van der Waals surface area contributed by atoms with Crippen molar-refractivity contribution in [2.24, 2.45) is 5.41 Å². The molecule has 1 aromatic heterocycles. The van der Waals surface area contributed by atoms with E-state index in [1.54, 1.807) is 11.3 Å². The van der Waals surface area contributed by atoms with Crippen LogP contribution in [-0.2, 0) is 6.42 Å². The highest BCUT2D eigenvalue weighted by atomic mass is 32.1. The van der Waals surface area contributed by atoms with Crippen molar-refractivity contribution in [3.05, 3.63) is 22.4 Å². The fraction of sp³-hybridized carbons (Fsp3) is 0.636. The van der Waals surface area contributed by atoms with Gasteiger partial charge < -0.3 is 10.4 Å². The average molecular weight is 211 g/mol. The largest absolute Gasteiger partial charge is 0.396 e. The summed E-state index contributed by atoms with van der Waals surface area (Å²) in [6.45, 7) is 2.36. The summed E-state index contributed by atoms with van der Waals surface area (Å²) in [4.78, 5) is 0. The van der Waals surface area contributed by atoms with Gasteiger partial charge in [0.05, 0.1) is 0 Å². The quantitative estimate of drug-likeness (QED) is 0.794. The molecule has 0 spiro atoms. The lowest BCUT2D eigenvalue weighted by Crippen LogP contribution is -2.28. The van der Waals surface area contributed by atoms with Gasteiger partial charge in [-0.25, -0.2) is 0 Å². The van der Waals surface area contributed by atoms with E-state index in [1.165, 1.54) is 5.56 Å². The molecule has 2 N–H and O–H groups in total. The minimum Gasteiger partial charge on any atom is -0.396 e. The first kappa shape index (κ1) is 10.1. The summed E-state index contributed by atoms with van der Waals surface area (Å²) in [5.74, 6) is 0. The molecule has 1 fully saturated rings.